The molecular weight excluding hydrogens is 657 g/mol. The number of carbonyl (C=O) groups is 3. The predicted octanol–water partition coefficient (Wildman–Crippen LogP) is 5.72. The zero-order chi connectivity index (χ0) is 31.9. The van der Waals surface area contributed by atoms with E-state index in [1.807, 2.05) is 24.3 Å². The quantitative estimate of drug-likeness (QED) is 0.226. The van der Waals surface area contributed by atoms with E-state index in [9.17, 15) is 19.5 Å². The molecule has 9 nitrogen and oxygen atoms in total. The van der Waals surface area contributed by atoms with Crippen molar-refractivity contribution in [2.75, 3.05) is 46.0 Å². The third-order valence-corrected chi connectivity index (χ3v) is 10.1. The van der Waals surface area contributed by atoms with Gasteiger partial charge in [0.25, 0.3) is 5.91 Å². The molecule has 0 unspecified atom stereocenters. The fourth-order valence-electron chi connectivity index (χ4n) is 5.63. The van der Waals surface area contributed by atoms with Crippen LogP contribution in [0.25, 0.3) is 17.2 Å². The summed E-state index contributed by atoms with van der Waals surface area (Å²) in [5.74, 6) is -0.961. The molecular formula is C32H35Cl2N3O6S2. The van der Waals surface area contributed by atoms with Gasteiger partial charge in [0.2, 0.25) is 5.91 Å². The van der Waals surface area contributed by atoms with Gasteiger partial charge in [-0.3, -0.25) is 24.2 Å². The van der Waals surface area contributed by atoms with E-state index < -0.39 is 5.97 Å². The molecule has 0 radical (unpaired) electrons. The minimum absolute atomic E-state index is 0.0535. The number of morpholine rings is 1. The highest BCUT2D eigenvalue weighted by Crippen LogP contribution is 2.37. The average molecular weight is 693 g/mol. The summed E-state index contributed by atoms with van der Waals surface area (Å²) in [5, 5.41) is 13.2. The highest BCUT2D eigenvalue weighted by Gasteiger charge is 2.33. The molecule has 2 aromatic rings. The molecule has 45 heavy (non-hydrogen) atoms. The topological polar surface area (TPSA) is 108 Å². The third kappa shape index (κ3) is 8.99. The number of benzene rings is 2. The lowest BCUT2D eigenvalue weighted by molar-refractivity contribution is -0.142. The Morgan fingerprint density at radius 2 is 1.84 bits per heavy atom. The Labute approximate surface area is 282 Å². The van der Waals surface area contributed by atoms with Crippen molar-refractivity contribution in [3.63, 3.8) is 0 Å². The molecule has 0 aromatic heterocycles. The maximum atomic E-state index is 13.5. The summed E-state index contributed by atoms with van der Waals surface area (Å²) in [4.78, 5) is 41.5. The molecule has 0 atom stereocenters. The Morgan fingerprint density at radius 1 is 1.09 bits per heavy atom. The number of hydrogen-bond acceptors (Lipinski definition) is 8. The number of amides is 2. The number of hydrogen-bond donors (Lipinski definition) is 2. The van der Waals surface area contributed by atoms with E-state index >= 15 is 0 Å². The van der Waals surface area contributed by atoms with Gasteiger partial charge >= 0.3 is 5.97 Å². The van der Waals surface area contributed by atoms with Crippen LogP contribution in [-0.2, 0) is 19.1 Å². The fraction of sp³-hybridized carbons (Fsp3) is 0.438. The second-order valence-electron chi connectivity index (χ2n) is 11.2. The molecule has 240 valence electrons. The monoisotopic (exact) mass is 691 g/mol. The minimum atomic E-state index is -0.783. The first-order valence-corrected chi connectivity index (χ1v) is 17.0. The maximum absolute atomic E-state index is 13.5. The van der Waals surface area contributed by atoms with Crippen molar-refractivity contribution in [3.05, 3.63) is 56.9 Å². The molecule has 5 rings (SSSR count). The van der Waals surface area contributed by atoms with E-state index in [-0.39, 0.29) is 36.7 Å². The number of nitrogens with zero attached hydrogens (tertiary/aromatic N) is 2. The van der Waals surface area contributed by atoms with Gasteiger partial charge in [-0.05, 0) is 61.6 Å². The third-order valence-electron chi connectivity index (χ3n) is 8.18. The molecule has 2 amide bonds. The van der Waals surface area contributed by atoms with E-state index in [0.29, 0.717) is 76.1 Å². The Balaban J connectivity index is 1.27. The number of nitrogens with one attached hydrogen (secondary N) is 1. The fourth-order valence-corrected chi connectivity index (χ4v) is 7.44. The maximum Gasteiger partial charge on any atom is 0.306 e. The summed E-state index contributed by atoms with van der Waals surface area (Å²) >= 11 is 19.4. The number of ether oxygens (including phenoxy) is 2. The number of carboxylic acids is 1. The summed E-state index contributed by atoms with van der Waals surface area (Å²) in [6.07, 6.45) is 4.22. The zero-order valence-corrected chi connectivity index (χ0v) is 27.8. The standard InChI is InChI=1S/C32H35Cl2N3O6S2/c33-23-4-7-25(26(34)19-23)21-3-8-27(43-16-13-36-11-14-42-15-12-36)22(17-21)18-28-30(39)37(32(44)45-28)10-9-29(38)35-24-5-1-20(2-6-24)31(40)41/h3-4,7-8,17-20,24H,1-2,5-6,9-16H2,(H,35,38)(H,40,41). The largest absolute Gasteiger partial charge is 0.492 e. The SMILES string of the molecule is O=C(CCN1C(=O)C(=Cc2cc(-c3ccc(Cl)cc3Cl)ccc2OCCN2CCOCC2)SC1=S)NC1CCC(C(=O)O)CC1. The van der Waals surface area contributed by atoms with Crippen molar-refractivity contribution >= 4 is 75.4 Å². The summed E-state index contributed by atoms with van der Waals surface area (Å²) in [6.45, 7) is 4.50. The number of thioether (sulfide) groups is 1. The molecule has 2 aromatic carbocycles. The Hall–Kier alpha value is -2.67. The van der Waals surface area contributed by atoms with Gasteiger partial charge < -0.3 is 19.9 Å². The lowest BCUT2D eigenvalue weighted by Crippen LogP contribution is -2.40. The molecule has 13 heteroatoms. The van der Waals surface area contributed by atoms with Gasteiger partial charge in [-0.25, -0.2) is 0 Å². The molecule has 0 spiro atoms. The number of halogens is 2. The van der Waals surface area contributed by atoms with Gasteiger partial charge in [-0.15, -0.1) is 0 Å². The molecule has 0 bridgehead atoms. The van der Waals surface area contributed by atoms with Gasteiger partial charge in [0.1, 0.15) is 16.7 Å². The normalized spacial score (nSPS) is 21.7. The smallest absolute Gasteiger partial charge is 0.306 e. The van der Waals surface area contributed by atoms with Gasteiger partial charge in [0.05, 0.1) is 24.0 Å². The van der Waals surface area contributed by atoms with E-state index in [0.717, 1.165) is 30.8 Å². The van der Waals surface area contributed by atoms with Crippen molar-refractivity contribution in [2.24, 2.45) is 5.92 Å². The van der Waals surface area contributed by atoms with Crippen LogP contribution in [0.1, 0.15) is 37.7 Å². The molecule has 1 saturated carbocycles. The highest BCUT2D eigenvalue weighted by atomic mass is 35.5. The van der Waals surface area contributed by atoms with Crippen molar-refractivity contribution in [2.45, 2.75) is 38.1 Å². The first-order valence-electron chi connectivity index (χ1n) is 15.0. The first kappa shape index (κ1) is 33.7. The van der Waals surface area contributed by atoms with Crippen LogP contribution in [0.4, 0.5) is 0 Å². The van der Waals surface area contributed by atoms with E-state index in [4.69, 9.17) is 44.9 Å². The van der Waals surface area contributed by atoms with Gasteiger partial charge in [-0.1, -0.05) is 59.3 Å². The lowest BCUT2D eigenvalue weighted by Gasteiger charge is -2.27. The Kier molecular flexibility index (Phi) is 11.8. The van der Waals surface area contributed by atoms with Crippen LogP contribution < -0.4 is 10.1 Å². The summed E-state index contributed by atoms with van der Waals surface area (Å²) in [5.41, 5.74) is 2.34. The molecule has 3 fully saturated rings. The van der Waals surface area contributed by atoms with Crippen molar-refractivity contribution in [1.82, 2.24) is 15.1 Å². The van der Waals surface area contributed by atoms with Crippen molar-refractivity contribution in [1.29, 1.82) is 0 Å². The first-order chi connectivity index (χ1) is 21.7. The van der Waals surface area contributed by atoms with E-state index in [2.05, 4.69) is 10.2 Å². The zero-order valence-electron chi connectivity index (χ0n) is 24.6. The van der Waals surface area contributed by atoms with Crippen molar-refractivity contribution in [3.8, 4) is 16.9 Å². The molecule has 1 aliphatic carbocycles. The molecule has 2 heterocycles. The van der Waals surface area contributed by atoms with Crippen LogP contribution in [0.15, 0.2) is 41.3 Å². The predicted molar refractivity (Wildman–Crippen MR) is 181 cm³/mol. The molecule has 2 saturated heterocycles. The summed E-state index contributed by atoms with van der Waals surface area (Å²) in [6, 6.07) is 11.0. The number of rotatable bonds is 11. The average Bonchev–Trinajstić information content (AvgIpc) is 3.28. The second kappa shape index (κ2) is 15.8. The molecule has 3 aliphatic rings. The lowest BCUT2D eigenvalue weighted by atomic mass is 9.86. The molecule has 2 aliphatic heterocycles. The van der Waals surface area contributed by atoms with Crippen LogP contribution >= 0.6 is 47.2 Å². The van der Waals surface area contributed by atoms with Crippen LogP contribution in [0.3, 0.4) is 0 Å². The van der Waals surface area contributed by atoms with Gasteiger partial charge in [-0.2, -0.15) is 0 Å². The van der Waals surface area contributed by atoms with Crippen LogP contribution in [0, 0.1) is 5.92 Å². The minimum Gasteiger partial charge on any atom is -0.492 e. The molecule has 2 N–H and O–H groups in total. The second-order valence-corrected chi connectivity index (χ2v) is 13.7. The van der Waals surface area contributed by atoms with Gasteiger partial charge in [0.15, 0.2) is 0 Å². The summed E-state index contributed by atoms with van der Waals surface area (Å²) in [7, 11) is 0. The number of aliphatic carboxylic acids is 1. The summed E-state index contributed by atoms with van der Waals surface area (Å²) < 4.78 is 12.0. The number of carboxylic acid groups (broad SMARTS) is 1. The number of carbonyl (C=O) groups excluding carboxylic acids is 2. The highest BCUT2D eigenvalue weighted by molar-refractivity contribution is 8.26. The van der Waals surface area contributed by atoms with Gasteiger partial charge in [0, 0.05) is 59.8 Å². The Morgan fingerprint density at radius 3 is 2.56 bits per heavy atom. The van der Waals surface area contributed by atoms with Crippen LogP contribution in [0.5, 0.6) is 5.75 Å². The van der Waals surface area contributed by atoms with E-state index in [1.165, 1.54) is 16.7 Å². The van der Waals surface area contributed by atoms with Crippen LogP contribution in [-0.4, -0.2) is 89.1 Å². The van der Waals surface area contributed by atoms with Crippen molar-refractivity contribution < 1.29 is 29.0 Å². The van der Waals surface area contributed by atoms with Crippen LogP contribution in [0.2, 0.25) is 10.0 Å². The van der Waals surface area contributed by atoms with E-state index in [1.54, 1.807) is 18.2 Å². The number of thiocarbonyl (C=S) groups is 1. The Bertz CT molecular complexity index is 1470.